The first-order valence-electron chi connectivity index (χ1n) is 8.26. The van der Waals surface area contributed by atoms with Crippen LogP contribution in [0.25, 0.3) is 0 Å². The number of ether oxygens (including phenoxy) is 3. The van der Waals surface area contributed by atoms with Gasteiger partial charge in [0.05, 0.1) is 14.2 Å². The molecule has 3 atom stereocenters. The summed E-state index contributed by atoms with van der Waals surface area (Å²) in [4.78, 5) is 37.4. The molecule has 1 aliphatic rings. The van der Waals surface area contributed by atoms with E-state index in [1.54, 1.807) is 20.8 Å². The number of esters is 2. The summed E-state index contributed by atoms with van der Waals surface area (Å²) in [5, 5.41) is 0. The maximum absolute atomic E-state index is 12.6. The number of likely N-dealkylation sites (tertiary alicyclic amines) is 1. The van der Waals surface area contributed by atoms with Crippen molar-refractivity contribution in [3.8, 4) is 0 Å². The smallest absolute Gasteiger partial charge is 0.411 e. The maximum Gasteiger partial charge on any atom is 0.411 e. The fourth-order valence-electron chi connectivity index (χ4n) is 3.03. The average molecular weight is 343 g/mol. The second kappa shape index (κ2) is 8.35. The van der Waals surface area contributed by atoms with Crippen molar-refractivity contribution in [1.82, 2.24) is 4.90 Å². The molecule has 0 bridgehead atoms. The summed E-state index contributed by atoms with van der Waals surface area (Å²) < 4.78 is 14.9. The lowest BCUT2D eigenvalue weighted by atomic mass is 9.97. The number of hydrogen-bond acceptors (Lipinski definition) is 6. The van der Waals surface area contributed by atoms with Crippen LogP contribution < -0.4 is 0 Å². The molecule has 24 heavy (non-hydrogen) atoms. The van der Waals surface area contributed by atoms with Crippen LogP contribution in [0.15, 0.2) is 0 Å². The maximum atomic E-state index is 12.6. The van der Waals surface area contributed by atoms with E-state index in [9.17, 15) is 14.4 Å². The minimum absolute atomic E-state index is 0.110. The van der Waals surface area contributed by atoms with Gasteiger partial charge in [-0.1, -0.05) is 6.92 Å². The molecule has 0 aliphatic carbocycles. The average Bonchev–Trinajstić information content (AvgIpc) is 2.81. The highest BCUT2D eigenvalue weighted by Gasteiger charge is 2.46. The largest absolute Gasteiger partial charge is 0.469 e. The summed E-state index contributed by atoms with van der Waals surface area (Å²) in [6.45, 7) is 7.33. The van der Waals surface area contributed by atoms with Crippen molar-refractivity contribution >= 4 is 18.0 Å². The van der Waals surface area contributed by atoms with Crippen LogP contribution in [0.2, 0.25) is 0 Å². The van der Waals surface area contributed by atoms with E-state index in [0.29, 0.717) is 19.3 Å². The van der Waals surface area contributed by atoms with E-state index in [0.717, 1.165) is 0 Å². The number of amides is 1. The second-order valence-corrected chi connectivity index (χ2v) is 7.18. The summed E-state index contributed by atoms with van der Waals surface area (Å²) in [5.41, 5.74) is -0.653. The van der Waals surface area contributed by atoms with Crippen molar-refractivity contribution in [2.24, 2.45) is 5.92 Å². The van der Waals surface area contributed by atoms with Gasteiger partial charge in [-0.15, -0.1) is 0 Å². The summed E-state index contributed by atoms with van der Waals surface area (Å²) in [5.74, 6) is -0.614. The van der Waals surface area contributed by atoms with Gasteiger partial charge in [0.1, 0.15) is 11.6 Å². The van der Waals surface area contributed by atoms with Gasteiger partial charge in [0.25, 0.3) is 0 Å². The predicted octanol–water partition coefficient (Wildman–Crippen LogP) is 2.52. The molecule has 0 radical (unpaired) electrons. The number of carbonyl (C=O) groups excluding carboxylic acids is 3. The Morgan fingerprint density at radius 2 is 1.75 bits per heavy atom. The number of hydrogen-bond donors (Lipinski definition) is 0. The normalized spacial score (nSPS) is 23.8. The summed E-state index contributed by atoms with van der Waals surface area (Å²) in [6.07, 6.45) is 1.46. The molecule has 1 saturated heterocycles. The van der Waals surface area contributed by atoms with E-state index in [-0.39, 0.29) is 24.3 Å². The Balaban J connectivity index is 2.89. The van der Waals surface area contributed by atoms with Crippen LogP contribution in [0, 0.1) is 5.92 Å². The first kappa shape index (κ1) is 20.3. The molecule has 1 fully saturated rings. The molecule has 0 spiro atoms. The number of carbonyl (C=O) groups is 3. The fourth-order valence-corrected chi connectivity index (χ4v) is 3.03. The molecule has 1 rings (SSSR count). The molecule has 0 aromatic carbocycles. The van der Waals surface area contributed by atoms with Crippen molar-refractivity contribution in [3.05, 3.63) is 0 Å². The second-order valence-electron chi connectivity index (χ2n) is 7.18. The Bertz CT molecular complexity index is 470. The van der Waals surface area contributed by atoms with E-state index < -0.39 is 23.7 Å². The molecule has 0 saturated carbocycles. The van der Waals surface area contributed by atoms with Gasteiger partial charge < -0.3 is 14.2 Å². The Hall–Kier alpha value is -1.79. The summed E-state index contributed by atoms with van der Waals surface area (Å²) in [6, 6.07) is -0.823. The SMILES string of the molecule is COC(=O)CCC[C@@H]1[C@H](C)C[C@H](C(=O)OC)N1C(=O)OC(C)(C)C. The third-order valence-electron chi connectivity index (χ3n) is 4.13. The van der Waals surface area contributed by atoms with E-state index in [2.05, 4.69) is 4.74 Å². The Morgan fingerprint density at radius 3 is 2.25 bits per heavy atom. The molecular weight excluding hydrogens is 314 g/mol. The molecule has 1 amide bonds. The highest BCUT2D eigenvalue weighted by molar-refractivity contribution is 5.82. The van der Waals surface area contributed by atoms with Gasteiger partial charge >= 0.3 is 18.0 Å². The number of rotatable bonds is 5. The molecular formula is C17H29NO6. The number of nitrogens with zero attached hydrogens (tertiary/aromatic N) is 1. The van der Waals surface area contributed by atoms with Gasteiger partial charge in [0, 0.05) is 12.5 Å². The van der Waals surface area contributed by atoms with Crippen LogP contribution in [0.4, 0.5) is 4.79 Å². The van der Waals surface area contributed by atoms with Gasteiger partial charge in [0.2, 0.25) is 0 Å². The minimum atomic E-state index is -0.653. The molecule has 0 unspecified atom stereocenters. The van der Waals surface area contributed by atoms with Crippen LogP contribution >= 0.6 is 0 Å². The Labute approximate surface area is 143 Å². The topological polar surface area (TPSA) is 82.1 Å². The van der Waals surface area contributed by atoms with Crippen LogP contribution in [0.1, 0.15) is 53.4 Å². The molecule has 0 aromatic rings. The minimum Gasteiger partial charge on any atom is -0.469 e. The summed E-state index contributed by atoms with van der Waals surface area (Å²) >= 11 is 0. The van der Waals surface area contributed by atoms with Crippen molar-refractivity contribution in [2.75, 3.05) is 14.2 Å². The number of methoxy groups -OCH3 is 2. The zero-order valence-corrected chi connectivity index (χ0v) is 15.5. The fraction of sp³-hybridized carbons (Fsp3) is 0.824. The van der Waals surface area contributed by atoms with Crippen LogP contribution in [0.5, 0.6) is 0 Å². The highest BCUT2D eigenvalue weighted by Crippen LogP contribution is 2.34. The Kier molecular flexibility index (Phi) is 7.05. The predicted molar refractivity (Wildman–Crippen MR) is 87.3 cm³/mol. The van der Waals surface area contributed by atoms with Crippen LogP contribution in [-0.4, -0.2) is 54.8 Å². The van der Waals surface area contributed by atoms with E-state index >= 15 is 0 Å². The molecule has 1 aliphatic heterocycles. The van der Waals surface area contributed by atoms with E-state index in [1.165, 1.54) is 19.1 Å². The molecule has 7 nitrogen and oxygen atoms in total. The van der Waals surface area contributed by atoms with Gasteiger partial charge in [-0.25, -0.2) is 9.59 Å². The lowest BCUT2D eigenvalue weighted by molar-refractivity contribution is -0.146. The van der Waals surface area contributed by atoms with Gasteiger partial charge in [-0.2, -0.15) is 0 Å². The third kappa shape index (κ3) is 5.39. The molecule has 0 N–H and O–H groups in total. The molecule has 1 heterocycles. The highest BCUT2D eigenvalue weighted by atomic mass is 16.6. The molecule has 138 valence electrons. The van der Waals surface area contributed by atoms with Gasteiger partial charge in [0.15, 0.2) is 0 Å². The standard InChI is InChI=1S/C17H29NO6/c1-11-10-13(15(20)23-6)18(16(21)24-17(2,3)4)12(11)8-7-9-14(19)22-5/h11-13H,7-10H2,1-6H3/t11-,12-,13-/m1/s1. The van der Waals surface area contributed by atoms with Crippen molar-refractivity contribution in [2.45, 2.75) is 71.1 Å². The first-order valence-corrected chi connectivity index (χ1v) is 8.26. The van der Waals surface area contributed by atoms with Crippen LogP contribution in [-0.2, 0) is 23.8 Å². The van der Waals surface area contributed by atoms with E-state index in [1.807, 2.05) is 6.92 Å². The lowest BCUT2D eigenvalue weighted by Crippen LogP contribution is -2.48. The van der Waals surface area contributed by atoms with Gasteiger partial charge in [-0.05, 0) is 46.0 Å². The molecule has 0 aromatic heterocycles. The first-order chi connectivity index (χ1) is 11.1. The zero-order chi connectivity index (χ0) is 18.5. The van der Waals surface area contributed by atoms with Crippen LogP contribution in [0.3, 0.4) is 0 Å². The van der Waals surface area contributed by atoms with Crippen molar-refractivity contribution in [1.29, 1.82) is 0 Å². The monoisotopic (exact) mass is 343 g/mol. The third-order valence-corrected chi connectivity index (χ3v) is 4.13. The van der Waals surface area contributed by atoms with Crippen molar-refractivity contribution in [3.63, 3.8) is 0 Å². The lowest BCUT2D eigenvalue weighted by Gasteiger charge is -2.32. The molecule has 7 heteroatoms. The zero-order valence-electron chi connectivity index (χ0n) is 15.5. The Morgan fingerprint density at radius 1 is 1.12 bits per heavy atom. The quantitative estimate of drug-likeness (QED) is 0.563. The van der Waals surface area contributed by atoms with Crippen molar-refractivity contribution < 1.29 is 28.6 Å². The van der Waals surface area contributed by atoms with E-state index in [4.69, 9.17) is 9.47 Å². The van der Waals surface area contributed by atoms with Gasteiger partial charge in [-0.3, -0.25) is 9.69 Å². The summed E-state index contributed by atoms with van der Waals surface area (Å²) in [7, 11) is 2.66.